The van der Waals surface area contributed by atoms with Crippen molar-refractivity contribution in [3.8, 4) is 6.07 Å². The summed E-state index contributed by atoms with van der Waals surface area (Å²) < 4.78 is 0. The first kappa shape index (κ1) is 22.9. The van der Waals surface area contributed by atoms with E-state index in [2.05, 4.69) is 6.07 Å². The Hall–Kier alpha value is -4.24. The number of carbonyl (C=O) groups is 3. The van der Waals surface area contributed by atoms with Crippen LogP contribution < -0.4 is 0 Å². The molecular weight excluding hydrogens is 428 g/mol. The smallest absolute Gasteiger partial charge is 0.330 e. The summed E-state index contributed by atoms with van der Waals surface area (Å²) in [5.74, 6) is -3.52. The number of Topliss-reactive ketones (excluding diaryl/α,β-unsaturated/α-hetero) is 1. The zero-order valence-electron chi connectivity index (χ0n) is 18.9. The van der Waals surface area contributed by atoms with Crippen molar-refractivity contribution in [2.75, 3.05) is 0 Å². The van der Waals surface area contributed by atoms with Crippen molar-refractivity contribution in [3.05, 3.63) is 107 Å². The fraction of sp³-hybridized carbons (Fsp3) is 0.214. The van der Waals surface area contributed by atoms with Crippen LogP contribution in [0.15, 0.2) is 84.9 Å². The van der Waals surface area contributed by atoms with Gasteiger partial charge in [-0.05, 0) is 30.2 Å². The topological polar surface area (TPSA) is 98.5 Å². The molecule has 4 atom stereocenters. The van der Waals surface area contributed by atoms with Crippen LogP contribution in [-0.2, 0) is 9.59 Å². The summed E-state index contributed by atoms with van der Waals surface area (Å²) >= 11 is 0. The van der Waals surface area contributed by atoms with Crippen LogP contribution >= 0.6 is 0 Å². The van der Waals surface area contributed by atoms with Gasteiger partial charge in [0.25, 0.3) is 0 Å². The zero-order chi connectivity index (χ0) is 24.5. The van der Waals surface area contributed by atoms with E-state index in [4.69, 9.17) is 0 Å². The number of ketones is 1. The molecule has 1 aliphatic heterocycles. The lowest BCUT2D eigenvalue weighted by Gasteiger charge is -2.37. The highest BCUT2D eigenvalue weighted by atomic mass is 16.4. The molecule has 0 spiro atoms. The molecule has 0 bridgehead atoms. The second-order valence-corrected chi connectivity index (χ2v) is 8.66. The molecule has 0 aliphatic carbocycles. The zero-order valence-corrected chi connectivity index (χ0v) is 18.9. The third-order valence-electron chi connectivity index (χ3n) is 6.76. The summed E-state index contributed by atoms with van der Waals surface area (Å²) in [4.78, 5) is 41.3. The molecule has 1 aliphatic rings. The maximum atomic E-state index is 14.0. The number of nitriles is 1. The number of benzene rings is 3. The van der Waals surface area contributed by atoms with Gasteiger partial charge in [0, 0.05) is 18.4 Å². The molecule has 4 unspecified atom stereocenters. The van der Waals surface area contributed by atoms with Crippen molar-refractivity contribution in [1.29, 1.82) is 5.26 Å². The summed E-state index contributed by atoms with van der Waals surface area (Å²) in [5, 5.41) is 19.7. The Morgan fingerprint density at radius 2 is 1.44 bits per heavy atom. The maximum Gasteiger partial charge on any atom is 0.330 e. The fourth-order valence-electron chi connectivity index (χ4n) is 5.28. The van der Waals surface area contributed by atoms with Crippen LogP contribution in [0.2, 0.25) is 0 Å². The maximum absolute atomic E-state index is 14.0. The predicted octanol–water partition coefficient (Wildman–Crippen LogP) is 4.59. The van der Waals surface area contributed by atoms with Crippen LogP contribution in [0.25, 0.3) is 0 Å². The molecule has 3 aromatic rings. The summed E-state index contributed by atoms with van der Waals surface area (Å²) in [5.41, 5.74) is 0.479. The average molecular weight is 453 g/mol. The van der Waals surface area contributed by atoms with Gasteiger partial charge < -0.3 is 10.0 Å². The summed E-state index contributed by atoms with van der Waals surface area (Å²) in [7, 11) is 0. The van der Waals surface area contributed by atoms with Crippen molar-refractivity contribution in [1.82, 2.24) is 4.90 Å². The van der Waals surface area contributed by atoms with Crippen LogP contribution in [0, 0.1) is 17.2 Å². The molecule has 6 nitrogen and oxygen atoms in total. The Kier molecular flexibility index (Phi) is 6.04. The lowest BCUT2D eigenvalue weighted by Crippen LogP contribution is -2.53. The Morgan fingerprint density at radius 3 is 1.94 bits per heavy atom. The minimum atomic E-state index is -1.68. The SMILES string of the molecule is CC(=O)N1C(c2ccc(C#N)cc2)C(C(=O)c2ccccc2)C(c2ccccc2)C1(C)C(=O)O. The lowest BCUT2D eigenvalue weighted by atomic mass is 9.71. The van der Waals surface area contributed by atoms with Crippen molar-refractivity contribution >= 4 is 17.7 Å². The number of amides is 1. The number of nitrogens with zero attached hydrogens (tertiary/aromatic N) is 2. The molecule has 1 saturated heterocycles. The number of carboxylic acids is 1. The average Bonchev–Trinajstić information content (AvgIpc) is 3.15. The van der Waals surface area contributed by atoms with Crippen LogP contribution in [0.4, 0.5) is 0 Å². The standard InChI is InChI=1S/C28H24N2O4/c1-18(31)30-25(21-15-13-19(17-29)14-16-21)23(26(32)22-11-7-4-8-12-22)24(28(30,2)27(33)34)20-9-5-3-6-10-20/h3-16,23-25H,1-2H3,(H,33,34). The van der Waals surface area contributed by atoms with Crippen molar-refractivity contribution in [3.63, 3.8) is 0 Å². The third-order valence-corrected chi connectivity index (χ3v) is 6.76. The molecule has 0 aromatic heterocycles. The van der Waals surface area contributed by atoms with E-state index >= 15 is 0 Å². The molecule has 34 heavy (non-hydrogen) atoms. The predicted molar refractivity (Wildman–Crippen MR) is 126 cm³/mol. The van der Waals surface area contributed by atoms with E-state index in [9.17, 15) is 24.8 Å². The molecule has 1 N–H and O–H groups in total. The Bertz CT molecular complexity index is 1270. The molecule has 170 valence electrons. The number of hydrogen-bond acceptors (Lipinski definition) is 4. The van der Waals surface area contributed by atoms with E-state index in [1.165, 1.54) is 18.7 Å². The van der Waals surface area contributed by atoms with Gasteiger partial charge in [-0.2, -0.15) is 5.26 Å². The Morgan fingerprint density at radius 1 is 0.882 bits per heavy atom. The van der Waals surface area contributed by atoms with E-state index in [1.807, 2.05) is 6.07 Å². The summed E-state index contributed by atoms with van der Waals surface area (Å²) in [6, 6.07) is 25.6. The van der Waals surface area contributed by atoms with Gasteiger partial charge in [-0.3, -0.25) is 9.59 Å². The van der Waals surface area contributed by atoms with Gasteiger partial charge >= 0.3 is 5.97 Å². The van der Waals surface area contributed by atoms with Crippen LogP contribution in [0.3, 0.4) is 0 Å². The number of rotatable bonds is 5. The normalized spacial score (nSPS) is 23.8. The van der Waals surface area contributed by atoms with Gasteiger partial charge in [-0.1, -0.05) is 72.8 Å². The van der Waals surface area contributed by atoms with Gasteiger partial charge in [0.15, 0.2) is 5.78 Å². The molecule has 6 heteroatoms. The highest BCUT2D eigenvalue weighted by molar-refractivity contribution is 6.02. The molecule has 0 saturated carbocycles. The van der Waals surface area contributed by atoms with Gasteiger partial charge in [0.05, 0.1) is 23.6 Å². The molecule has 1 heterocycles. The second-order valence-electron chi connectivity index (χ2n) is 8.66. The van der Waals surface area contributed by atoms with E-state index in [0.29, 0.717) is 22.3 Å². The molecule has 1 fully saturated rings. The van der Waals surface area contributed by atoms with Crippen molar-refractivity contribution < 1.29 is 19.5 Å². The summed E-state index contributed by atoms with van der Waals surface area (Å²) in [6.07, 6.45) is 0. The number of aliphatic carboxylic acids is 1. The number of carbonyl (C=O) groups excluding carboxylic acids is 2. The van der Waals surface area contributed by atoms with Crippen molar-refractivity contribution in [2.24, 2.45) is 5.92 Å². The van der Waals surface area contributed by atoms with Gasteiger partial charge in [0.2, 0.25) is 5.91 Å². The lowest BCUT2D eigenvalue weighted by molar-refractivity contribution is -0.157. The van der Waals surface area contributed by atoms with E-state index in [0.717, 1.165) is 0 Å². The highest BCUT2D eigenvalue weighted by Gasteiger charge is 2.64. The monoisotopic (exact) mass is 452 g/mol. The molecule has 3 aromatic carbocycles. The number of carboxylic acid groups (broad SMARTS) is 1. The first-order chi connectivity index (χ1) is 16.3. The Labute approximate surface area is 198 Å². The second kappa shape index (κ2) is 8.95. The van der Waals surface area contributed by atoms with E-state index < -0.39 is 35.3 Å². The van der Waals surface area contributed by atoms with Gasteiger partial charge in [-0.15, -0.1) is 0 Å². The first-order valence-corrected chi connectivity index (χ1v) is 11.0. The third kappa shape index (κ3) is 3.65. The van der Waals surface area contributed by atoms with Gasteiger partial charge in [0.1, 0.15) is 5.54 Å². The van der Waals surface area contributed by atoms with Crippen LogP contribution in [0.1, 0.15) is 52.9 Å². The largest absolute Gasteiger partial charge is 0.479 e. The van der Waals surface area contributed by atoms with E-state index in [1.54, 1.807) is 78.9 Å². The summed E-state index contributed by atoms with van der Waals surface area (Å²) in [6.45, 7) is 2.85. The fourth-order valence-corrected chi connectivity index (χ4v) is 5.28. The molecule has 0 radical (unpaired) electrons. The van der Waals surface area contributed by atoms with Gasteiger partial charge in [-0.25, -0.2) is 4.79 Å². The quantitative estimate of drug-likeness (QED) is 0.571. The minimum absolute atomic E-state index is 0.236. The highest BCUT2D eigenvalue weighted by Crippen LogP contribution is 2.56. The van der Waals surface area contributed by atoms with Crippen LogP contribution in [-0.4, -0.2) is 33.2 Å². The number of hydrogen-bond donors (Lipinski definition) is 1. The first-order valence-electron chi connectivity index (χ1n) is 11.0. The molecule has 4 rings (SSSR count). The molecular formula is C28H24N2O4. The minimum Gasteiger partial charge on any atom is -0.479 e. The van der Waals surface area contributed by atoms with Crippen LogP contribution in [0.5, 0.6) is 0 Å². The molecule has 1 amide bonds. The van der Waals surface area contributed by atoms with E-state index in [-0.39, 0.29) is 5.78 Å². The van der Waals surface area contributed by atoms with Crippen molar-refractivity contribution in [2.45, 2.75) is 31.3 Å². The Balaban J connectivity index is 2.02. The number of likely N-dealkylation sites (tertiary alicyclic amines) is 1.